The van der Waals surface area contributed by atoms with Gasteiger partial charge in [-0.2, -0.15) is 0 Å². The molecule has 2 heterocycles. The molecule has 0 saturated carbocycles. The zero-order valence-electron chi connectivity index (χ0n) is 15.7. The lowest BCUT2D eigenvalue weighted by Gasteiger charge is -2.24. The number of hydrogen-bond donors (Lipinski definition) is 3. The summed E-state index contributed by atoms with van der Waals surface area (Å²) in [5, 5.41) is 14.5. The van der Waals surface area contributed by atoms with Gasteiger partial charge in [-0.05, 0) is 49.1 Å². The molecule has 3 aromatic rings. The van der Waals surface area contributed by atoms with E-state index in [1.165, 1.54) is 0 Å². The van der Waals surface area contributed by atoms with Gasteiger partial charge in [-0.15, -0.1) is 0 Å². The number of rotatable bonds is 5. The minimum Gasteiger partial charge on any atom is -0.481 e. The first kappa shape index (κ1) is 18.8. The second-order valence-corrected chi connectivity index (χ2v) is 7.75. The van der Waals surface area contributed by atoms with E-state index in [2.05, 4.69) is 16.4 Å². The number of ether oxygens (including phenoxy) is 1. The molecule has 0 radical (unpaired) electrons. The Bertz CT molecular complexity index is 991. The van der Waals surface area contributed by atoms with E-state index in [4.69, 9.17) is 16.3 Å². The van der Waals surface area contributed by atoms with Crippen molar-refractivity contribution in [1.82, 2.24) is 4.98 Å². The van der Waals surface area contributed by atoms with Crippen LogP contribution in [0.3, 0.4) is 0 Å². The van der Waals surface area contributed by atoms with E-state index in [-0.39, 0.29) is 0 Å². The van der Waals surface area contributed by atoms with Crippen LogP contribution >= 0.6 is 11.6 Å². The van der Waals surface area contributed by atoms with Gasteiger partial charge in [0.1, 0.15) is 0 Å². The van der Waals surface area contributed by atoms with E-state index in [1.807, 2.05) is 36.4 Å². The number of fused-ring (bicyclic) bond motifs is 1. The molecule has 28 heavy (non-hydrogen) atoms. The van der Waals surface area contributed by atoms with E-state index in [0.717, 1.165) is 59.5 Å². The fourth-order valence-corrected chi connectivity index (χ4v) is 3.86. The van der Waals surface area contributed by atoms with Crippen molar-refractivity contribution in [3.05, 3.63) is 53.1 Å². The van der Waals surface area contributed by atoms with Crippen LogP contribution in [-0.4, -0.2) is 35.3 Å². The lowest BCUT2D eigenvalue weighted by atomic mass is 9.99. The van der Waals surface area contributed by atoms with Crippen molar-refractivity contribution >= 4 is 34.2 Å². The Morgan fingerprint density at radius 2 is 1.93 bits per heavy atom. The van der Waals surface area contributed by atoms with Gasteiger partial charge in [0, 0.05) is 35.4 Å². The first-order chi connectivity index (χ1) is 13.5. The molecule has 1 aromatic heterocycles. The monoisotopic (exact) mass is 398 g/mol. The predicted molar refractivity (Wildman–Crippen MR) is 112 cm³/mol. The van der Waals surface area contributed by atoms with E-state index in [0.29, 0.717) is 11.1 Å². The maximum absolute atomic E-state index is 11.2. The van der Waals surface area contributed by atoms with Gasteiger partial charge in [0.15, 0.2) is 0 Å². The quantitative estimate of drug-likeness (QED) is 0.547. The molecular formula is C22H23ClN2O3. The van der Waals surface area contributed by atoms with Gasteiger partial charge in [0.05, 0.1) is 17.1 Å². The van der Waals surface area contributed by atoms with Gasteiger partial charge in [0.25, 0.3) is 0 Å². The van der Waals surface area contributed by atoms with Crippen LogP contribution in [0, 0.1) is 0 Å². The summed E-state index contributed by atoms with van der Waals surface area (Å²) in [6.07, 6.45) is 1.95. The Morgan fingerprint density at radius 3 is 2.61 bits per heavy atom. The summed E-state index contributed by atoms with van der Waals surface area (Å²) in [5.74, 6) is -1.34. The molecule has 1 unspecified atom stereocenters. The summed E-state index contributed by atoms with van der Waals surface area (Å²) in [6.45, 7) is 3.24. The smallest absolute Gasteiger partial charge is 0.310 e. The number of H-pyrrole nitrogens is 1. The number of hydrogen-bond acceptors (Lipinski definition) is 3. The highest BCUT2D eigenvalue weighted by Gasteiger charge is 2.17. The molecule has 6 heteroatoms. The fraction of sp³-hybridized carbons (Fsp3) is 0.318. The average molecular weight is 399 g/mol. The molecular weight excluding hydrogens is 376 g/mol. The Morgan fingerprint density at radius 1 is 1.21 bits per heavy atom. The summed E-state index contributed by atoms with van der Waals surface area (Å²) in [6, 6.07) is 14.0. The third-order valence-electron chi connectivity index (χ3n) is 5.37. The van der Waals surface area contributed by atoms with Gasteiger partial charge in [-0.3, -0.25) is 4.79 Å². The van der Waals surface area contributed by atoms with Crippen molar-refractivity contribution in [2.45, 2.75) is 31.7 Å². The molecule has 5 nitrogen and oxygen atoms in total. The number of aromatic nitrogens is 1. The van der Waals surface area contributed by atoms with Crippen LogP contribution in [0.15, 0.2) is 42.5 Å². The normalized spacial score (nSPS) is 16.2. The minimum absolute atomic E-state index is 0.374. The van der Waals surface area contributed by atoms with Crippen LogP contribution in [0.25, 0.3) is 22.2 Å². The third kappa shape index (κ3) is 3.86. The van der Waals surface area contributed by atoms with E-state index >= 15 is 0 Å². The van der Waals surface area contributed by atoms with Crippen molar-refractivity contribution in [2.24, 2.45) is 0 Å². The fourth-order valence-electron chi connectivity index (χ4n) is 3.63. The lowest BCUT2D eigenvalue weighted by Crippen LogP contribution is -2.27. The lowest BCUT2D eigenvalue weighted by molar-refractivity contribution is -0.138. The van der Waals surface area contributed by atoms with E-state index in [1.54, 1.807) is 6.92 Å². The van der Waals surface area contributed by atoms with Gasteiger partial charge in [0.2, 0.25) is 0 Å². The number of carbonyl (C=O) groups is 1. The first-order valence-corrected chi connectivity index (χ1v) is 9.89. The Kier molecular flexibility index (Phi) is 5.29. The largest absolute Gasteiger partial charge is 0.481 e. The van der Waals surface area contributed by atoms with E-state index < -0.39 is 11.9 Å². The number of nitrogens with one attached hydrogen (secondary N) is 2. The molecule has 0 bridgehead atoms. The number of aromatic amines is 1. The maximum atomic E-state index is 11.2. The zero-order chi connectivity index (χ0) is 19.7. The molecule has 1 saturated heterocycles. The maximum Gasteiger partial charge on any atom is 0.310 e. The molecule has 0 spiro atoms. The Labute approximate surface area is 168 Å². The number of carboxylic acid groups (broad SMARTS) is 1. The van der Waals surface area contributed by atoms with Crippen molar-refractivity contribution < 1.29 is 14.6 Å². The van der Waals surface area contributed by atoms with Crippen LogP contribution in [0.5, 0.6) is 0 Å². The first-order valence-electron chi connectivity index (χ1n) is 9.51. The van der Waals surface area contributed by atoms with Crippen LogP contribution in [-0.2, 0) is 9.53 Å². The summed E-state index contributed by atoms with van der Waals surface area (Å²) in [4.78, 5) is 14.7. The van der Waals surface area contributed by atoms with E-state index in [9.17, 15) is 9.90 Å². The molecule has 1 atom stereocenters. The summed E-state index contributed by atoms with van der Waals surface area (Å²) in [5.41, 5.74) is 4.79. The highest BCUT2D eigenvalue weighted by Crippen LogP contribution is 2.33. The molecule has 2 aromatic carbocycles. The molecule has 1 aliphatic heterocycles. The van der Waals surface area contributed by atoms with Gasteiger partial charge >= 0.3 is 5.97 Å². The Balaban J connectivity index is 1.65. The van der Waals surface area contributed by atoms with Crippen LogP contribution in [0.2, 0.25) is 5.02 Å². The van der Waals surface area contributed by atoms with Gasteiger partial charge in [-0.1, -0.05) is 35.9 Å². The van der Waals surface area contributed by atoms with Crippen molar-refractivity contribution in [1.29, 1.82) is 0 Å². The molecule has 146 valence electrons. The predicted octanol–water partition coefficient (Wildman–Crippen LogP) is 5.27. The second-order valence-electron chi connectivity index (χ2n) is 7.31. The standard InChI is InChI=1S/C22H23ClN2O3/c1-13(22(26)27)14-2-4-15(5-3-14)19-11-16-10-17(23)12-20(21(16)25-19)24-18-6-8-28-9-7-18/h2-5,10-13,18,24-25H,6-9H2,1H3,(H,26,27). The molecule has 1 fully saturated rings. The summed E-state index contributed by atoms with van der Waals surface area (Å²) in [7, 11) is 0. The summed E-state index contributed by atoms with van der Waals surface area (Å²) < 4.78 is 5.44. The van der Waals surface area contributed by atoms with Crippen molar-refractivity contribution in [2.75, 3.05) is 18.5 Å². The number of aliphatic carboxylic acids is 1. The molecule has 0 aliphatic carbocycles. The number of anilines is 1. The molecule has 0 amide bonds. The topological polar surface area (TPSA) is 74.3 Å². The highest BCUT2D eigenvalue weighted by atomic mass is 35.5. The van der Waals surface area contributed by atoms with Gasteiger partial charge < -0.3 is 20.1 Å². The van der Waals surface area contributed by atoms with Crippen LogP contribution in [0.4, 0.5) is 5.69 Å². The number of benzene rings is 2. The zero-order valence-corrected chi connectivity index (χ0v) is 16.4. The number of carboxylic acids is 1. The molecule has 1 aliphatic rings. The Hall–Kier alpha value is -2.50. The third-order valence-corrected chi connectivity index (χ3v) is 5.58. The minimum atomic E-state index is -0.822. The number of halogens is 1. The molecule has 4 rings (SSSR count). The average Bonchev–Trinajstić information content (AvgIpc) is 3.12. The SMILES string of the molecule is CC(C(=O)O)c1ccc(-c2cc3cc(Cl)cc(NC4CCOCC4)c3[nH]2)cc1. The van der Waals surface area contributed by atoms with Crippen LogP contribution < -0.4 is 5.32 Å². The summed E-state index contributed by atoms with van der Waals surface area (Å²) >= 11 is 6.35. The van der Waals surface area contributed by atoms with Gasteiger partial charge in [-0.25, -0.2) is 0 Å². The second kappa shape index (κ2) is 7.86. The van der Waals surface area contributed by atoms with Crippen molar-refractivity contribution in [3.8, 4) is 11.3 Å². The van der Waals surface area contributed by atoms with Crippen LogP contribution in [0.1, 0.15) is 31.2 Å². The highest BCUT2D eigenvalue weighted by molar-refractivity contribution is 6.32. The van der Waals surface area contributed by atoms with Crippen molar-refractivity contribution in [3.63, 3.8) is 0 Å². The molecule has 3 N–H and O–H groups in total.